The third-order valence-corrected chi connectivity index (χ3v) is 4.41. The fraction of sp³-hybridized carbons (Fsp3) is 0.471. The molecular weight excluding hydrogens is 286 g/mol. The van der Waals surface area contributed by atoms with E-state index in [0.29, 0.717) is 12.1 Å². The molecule has 2 heterocycles. The van der Waals surface area contributed by atoms with Gasteiger partial charge in [-0.15, -0.1) is 0 Å². The minimum atomic E-state index is -0.788. The predicted molar refractivity (Wildman–Crippen MR) is 79.4 cm³/mol. The second-order valence-electron chi connectivity index (χ2n) is 5.80. The van der Waals surface area contributed by atoms with E-state index < -0.39 is 11.6 Å². The molecule has 1 aliphatic heterocycles. The lowest BCUT2D eigenvalue weighted by atomic mass is 10.0. The minimum absolute atomic E-state index is 0.170. The third kappa shape index (κ3) is 2.65. The number of likely N-dealkylation sites (tertiary alicyclic amines) is 1. The van der Waals surface area contributed by atoms with E-state index in [0.717, 1.165) is 48.9 Å². The Morgan fingerprint density at radius 3 is 2.95 bits per heavy atom. The minimum Gasteiger partial charge on any atom is -0.361 e. The van der Waals surface area contributed by atoms with Crippen LogP contribution in [0.4, 0.5) is 8.78 Å². The maximum absolute atomic E-state index is 13.9. The molecule has 0 radical (unpaired) electrons. The van der Waals surface area contributed by atoms with E-state index in [2.05, 4.69) is 10.1 Å². The average molecular weight is 306 g/mol. The first kappa shape index (κ1) is 15.2. The molecule has 1 fully saturated rings. The Kier molecular flexibility index (Phi) is 4.25. The van der Waals surface area contributed by atoms with Gasteiger partial charge >= 0.3 is 0 Å². The Morgan fingerprint density at radius 2 is 2.18 bits per heavy atom. The molecular formula is C17H20F2N2O. The van der Waals surface area contributed by atoms with Crippen LogP contribution >= 0.6 is 0 Å². The molecule has 0 N–H and O–H groups in total. The normalized spacial score (nSPS) is 19.0. The van der Waals surface area contributed by atoms with Crippen LogP contribution in [0.25, 0.3) is 0 Å². The van der Waals surface area contributed by atoms with E-state index >= 15 is 0 Å². The van der Waals surface area contributed by atoms with Crippen LogP contribution in [0.2, 0.25) is 0 Å². The summed E-state index contributed by atoms with van der Waals surface area (Å²) < 4.78 is 32.7. The van der Waals surface area contributed by atoms with Crippen LogP contribution in [0.1, 0.15) is 48.4 Å². The van der Waals surface area contributed by atoms with Crippen molar-refractivity contribution in [1.29, 1.82) is 0 Å². The highest BCUT2D eigenvalue weighted by Gasteiger charge is 2.31. The van der Waals surface area contributed by atoms with Gasteiger partial charge in [0, 0.05) is 30.1 Å². The van der Waals surface area contributed by atoms with E-state index in [1.54, 1.807) is 12.1 Å². The largest absolute Gasteiger partial charge is 0.361 e. The fourth-order valence-corrected chi connectivity index (χ4v) is 3.34. The number of aromatic nitrogens is 1. The van der Waals surface area contributed by atoms with Gasteiger partial charge in [0.2, 0.25) is 0 Å². The highest BCUT2D eigenvalue weighted by atomic mass is 19.2. The van der Waals surface area contributed by atoms with Gasteiger partial charge in [-0.1, -0.05) is 24.2 Å². The molecule has 1 aromatic heterocycles. The Balaban J connectivity index is 1.87. The number of hydrogen-bond donors (Lipinski definition) is 0. The summed E-state index contributed by atoms with van der Waals surface area (Å²) >= 11 is 0. The molecule has 5 heteroatoms. The Bertz CT molecular complexity index is 669. The summed E-state index contributed by atoms with van der Waals surface area (Å²) in [6.45, 7) is 5.25. The average Bonchev–Trinajstić information content (AvgIpc) is 3.09. The number of nitrogens with zero attached hydrogens (tertiary/aromatic N) is 2. The van der Waals surface area contributed by atoms with Crippen LogP contribution in [0.3, 0.4) is 0 Å². The monoisotopic (exact) mass is 306 g/mol. The fourth-order valence-electron chi connectivity index (χ4n) is 3.34. The lowest BCUT2D eigenvalue weighted by Crippen LogP contribution is -2.24. The van der Waals surface area contributed by atoms with Crippen LogP contribution in [0.15, 0.2) is 22.7 Å². The van der Waals surface area contributed by atoms with E-state index in [4.69, 9.17) is 4.52 Å². The SMILES string of the molecule is CCc1onc(C)c1[C@@H]1CCCN1Cc1cccc(F)c1F. The number of halogens is 2. The number of rotatable bonds is 4. The van der Waals surface area contributed by atoms with Crippen molar-refractivity contribution in [3.05, 3.63) is 52.4 Å². The lowest BCUT2D eigenvalue weighted by Gasteiger charge is -2.25. The van der Waals surface area contributed by atoms with Gasteiger partial charge in [-0.05, 0) is 32.4 Å². The van der Waals surface area contributed by atoms with Crippen LogP contribution in [0, 0.1) is 18.6 Å². The maximum atomic E-state index is 13.9. The van der Waals surface area contributed by atoms with Crippen molar-refractivity contribution in [3.63, 3.8) is 0 Å². The van der Waals surface area contributed by atoms with Gasteiger partial charge in [0.25, 0.3) is 0 Å². The first-order chi connectivity index (χ1) is 10.6. The van der Waals surface area contributed by atoms with Crippen molar-refractivity contribution in [2.24, 2.45) is 0 Å². The molecule has 1 aromatic carbocycles. The molecule has 1 atom stereocenters. The molecule has 118 valence electrons. The zero-order valence-corrected chi connectivity index (χ0v) is 12.9. The van der Waals surface area contributed by atoms with E-state index in [1.165, 1.54) is 0 Å². The highest BCUT2D eigenvalue weighted by molar-refractivity contribution is 5.28. The number of aryl methyl sites for hydroxylation is 2. The smallest absolute Gasteiger partial charge is 0.163 e. The molecule has 0 aliphatic carbocycles. The first-order valence-electron chi connectivity index (χ1n) is 7.73. The van der Waals surface area contributed by atoms with Crippen LogP contribution < -0.4 is 0 Å². The zero-order chi connectivity index (χ0) is 15.7. The van der Waals surface area contributed by atoms with Crippen molar-refractivity contribution in [1.82, 2.24) is 10.1 Å². The Labute approximate surface area is 128 Å². The van der Waals surface area contributed by atoms with E-state index in [1.807, 2.05) is 13.8 Å². The van der Waals surface area contributed by atoms with E-state index in [-0.39, 0.29) is 6.04 Å². The molecule has 1 aliphatic rings. The second-order valence-corrected chi connectivity index (χ2v) is 5.80. The van der Waals surface area contributed by atoms with Gasteiger partial charge in [0.1, 0.15) is 5.76 Å². The number of hydrogen-bond acceptors (Lipinski definition) is 3. The molecule has 1 saturated heterocycles. The van der Waals surface area contributed by atoms with Crippen LogP contribution in [-0.2, 0) is 13.0 Å². The summed E-state index contributed by atoms with van der Waals surface area (Å²) in [7, 11) is 0. The topological polar surface area (TPSA) is 29.3 Å². The maximum Gasteiger partial charge on any atom is 0.163 e. The Hall–Kier alpha value is -1.75. The summed E-state index contributed by atoms with van der Waals surface area (Å²) in [5.74, 6) is -0.635. The Morgan fingerprint density at radius 1 is 1.36 bits per heavy atom. The highest BCUT2D eigenvalue weighted by Crippen LogP contribution is 2.37. The molecule has 0 amide bonds. The lowest BCUT2D eigenvalue weighted by molar-refractivity contribution is 0.240. The second kappa shape index (κ2) is 6.16. The summed E-state index contributed by atoms with van der Waals surface area (Å²) in [4.78, 5) is 2.19. The van der Waals surface area contributed by atoms with Gasteiger partial charge < -0.3 is 4.52 Å². The molecule has 3 nitrogen and oxygen atoms in total. The summed E-state index contributed by atoms with van der Waals surface area (Å²) in [6.07, 6.45) is 2.82. The summed E-state index contributed by atoms with van der Waals surface area (Å²) in [5.41, 5.74) is 2.42. The molecule has 0 saturated carbocycles. The van der Waals surface area contributed by atoms with Crippen molar-refractivity contribution >= 4 is 0 Å². The van der Waals surface area contributed by atoms with Crippen molar-refractivity contribution in [3.8, 4) is 0 Å². The molecule has 22 heavy (non-hydrogen) atoms. The predicted octanol–water partition coefficient (Wildman–Crippen LogP) is 4.16. The molecule has 2 aromatic rings. The van der Waals surface area contributed by atoms with Crippen molar-refractivity contribution < 1.29 is 13.3 Å². The van der Waals surface area contributed by atoms with Crippen LogP contribution in [-0.4, -0.2) is 16.6 Å². The van der Waals surface area contributed by atoms with Crippen LogP contribution in [0.5, 0.6) is 0 Å². The summed E-state index contributed by atoms with van der Waals surface area (Å²) in [5, 5.41) is 4.07. The quantitative estimate of drug-likeness (QED) is 0.849. The van der Waals surface area contributed by atoms with Gasteiger partial charge in [-0.3, -0.25) is 4.90 Å². The van der Waals surface area contributed by atoms with E-state index in [9.17, 15) is 8.78 Å². The molecule has 3 rings (SSSR count). The van der Waals surface area contributed by atoms with Gasteiger partial charge in [0.15, 0.2) is 11.6 Å². The molecule has 0 spiro atoms. The summed E-state index contributed by atoms with van der Waals surface area (Å²) in [6, 6.07) is 4.53. The standard InChI is InChI=1S/C17H20F2N2O/c1-3-15-16(11(2)20-22-15)14-8-5-9-21(14)10-12-6-4-7-13(18)17(12)19/h4,6-7,14H,3,5,8-10H2,1-2H3/t14-/m0/s1. The third-order valence-electron chi connectivity index (χ3n) is 4.41. The molecule has 0 unspecified atom stereocenters. The van der Waals surface area contributed by atoms with Crippen molar-refractivity contribution in [2.45, 2.75) is 45.7 Å². The zero-order valence-electron chi connectivity index (χ0n) is 12.9. The first-order valence-corrected chi connectivity index (χ1v) is 7.73. The molecule has 0 bridgehead atoms. The van der Waals surface area contributed by atoms with Gasteiger partial charge in [-0.2, -0.15) is 0 Å². The van der Waals surface area contributed by atoms with Gasteiger partial charge in [0.05, 0.1) is 5.69 Å². The van der Waals surface area contributed by atoms with Crippen molar-refractivity contribution in [2.75, 3.05) is 6.54 Å². The number of benzene rings is 1. The van der Waals surface area contributed by atoms with Gasteiger partial charge in [-0.25, -0.2) is 8.78 Å².